The van der Waals surface area contributed by atoms with E-state index in [1.165, 1.54) is 5.56 Å². The SMILES string of the molecule is OC(c1ccccc1)C1CCc2cccnc21. The van der Waals surface area contributed by atoms with Gasteiger partial charge in [0, 0.05) is 17.8 Å². The van der Waals surface area contributed by atoms with E-state index in [2.05, 4.69) is 11.1 Å². The number of pyridine rings is 1. The minimum Gasteiger partial charge on any atom is -0.388 e. The molecule has 2 unspecified atom stereocenters. The second-order valence-corrected chi connectivity index (χ2v) is 4.55. The van der Waals surface area contributed by atoms with Gasteiger partial charge in [-0.25, -0.2) is 0 Å². The van der Waals surface area contributed by atoms with Gasteiger partial charge >= 0.3 is 0 Å². The lowest BCUT2D eigenvalue weighted by molar-refractivity contribution is 0.143. The Morgan fingerprint density at radius 1 is 1.12 bits per heavy atom. The van der Waals surface area contributed by atoms with Crippen molar-refractivity contribution in [2.24, 2.45) is 0 Å². The van der Waals surface area contributed by atoms with Crippen LogP contribution in [0.5, 0.6) is 0 Å². The minimum absolute atomic E-state index is 0.147. The molecule has 0 aliphatic heterocycles. The number of hydrogen-bond donors (Lipinski definition) is 1. The predicted molar refractivity (Wildman–Crippen MR) is 66.7 cm³/mol. The van der Waals surface area contributed by atoms with E-state index in [1.807, 2.05) is 42.6 Å². The predicted octanol–water partition coefficient (Wildman–Crippen LogP) is 2.85. The van der Waals surface area contributed by atoms with E-state index in [1.54, 1.807) is 0 Å². The first-order chi connectivity index (χ1) is 8.36. The highest BCUT2D eigenvalue weighted by Crippen LogP contribution is 2.40. The van der Waals surface area contributed by atoms with Crippen molar-refractivity contribution >= 4 is 0 Å². The monoisotopic (exact) mass is 225 g/mol. The van der Waals surface area contributed by atoms with E-state index in [4.69, 9.17) is 0 Å². The molecule has 0 fully saturated rings. The zero-order chi connectivity index (χ0) is 11.7. The second-order valence-electron chi connectivity index (χ2n) is 4.55. The first-order valence-electron chi connectivity index (χ1n) is 6.03. The number of hydrogen-bond acceptors (Lipinski definition) is 2. The molecule has 0 bridgehead atoms. The van der Waals surface area contributed by atoms with Crippen LogP contribution in [0.4, 0.5) is 0 Å². The Morgan fingerprint density at radius 3 is 2.76 bits per heavy atom. The number of rotatable bonds is 2. The van der Waals surface area contributed by atoms with E-state index in [0.29, 0.717) is 0 Å². The first-order valence-corrected chi connectivity index (χ1v) is 6.03. The summed E-state index contributed by atoms with van der Waals surface area (Å²) in [6.07, 6.45) is 3.39. The van der Waals surface area contributed by atoms with Gasteiger partial charge in [-0.3, -0.25) is 4.98 Å². The van der Waals surface area contributed by atoms with Gasteiger partial charge < -0.3 is 5.11 Å². The van der Waals surface area contributed by atoms with E-state index < -0.39 is 6.10 Å². The second kappa shape index (κ2) is 4.30. The van der Waals surface area contributed by atoms with Crippen LogP contribution in [-0.4, -0.2) is 10.1 Å². The first kappa shape index (κ1) is 10.5. The zero-order valence-corrected chi connectivity index (χ0v) is 9.58. The van der Waals surface area contributed by atoms with Crippen molar-refractivity contribution in [3.05, 3.63) is 65.5 Å². The summed E-state index contributed by atoms with van der Waals surface area (Å²) >= 11 is 0. The molecule has 1 N–H and O–H groups in total. The maximum absolute atomic E-state index is 10.4. The van der Waals surface area contributed by atoms with Crippen molar-refractivity contribution in [2.45, 2.75) is 24.9 Å². The zero-order valence-electron chi connectivity index (χ0n) is 9.58. The molecule has 2 nitrogen and oxygen atoms in total. The summed E-state index contributed by atoms with van der Waals surface area (Å²) in [6.45, 7) is 0. The van der Waals surface area contributed by atoms with Crippen LogP contribution in [0.3, 0.4) is 0 Å². The Hall–Kier alpha value is -1.67. The van der Waals surface area contributed by atoms with Gasteiger partial charge in [0.05, 0.1) is 6.10 Å². The molecule has 0 amide bonds. The summed E-state index contributed by atoms with van der Waals surface area (Å²) < 4.78 is 0. The summed E-state index contributed by atoms with van der Waals surface area (Å²) in [4.78, 5) is 4.43. The Balaban J connectivity index is 1.92. The molecule has 86 valence electrons. The highest BCUT2D eigenvalue weighted by Gasteiger charge is 2.30. The molecule has 1 aliphatic carbocycles. The molecule has 1 heterocycles. The largest absolute Gasteiger partial charge is 0.388 e. The Morgan fingerprint density at radius 2 is 1.94 bits per heavy atom. The summed E-state index contributed by atoms with van der Waals surface area (Å²) in [5.41, 5.74) is 3.34. The average molecular weight is 225 g/mol. The third kappa shape index (κ3) is 1.85. The molecule has 3 rings (SSSR count). The van der Waals surface area contributed by atoms with Crippen LogP contribution in [0.2, 0.25) is 0 Å². The quantitative estimate of drug-likeness (QED) is 0.852. The molecule has 2 atom stereocenters. The molecule has 2 aromatic rings. The van der Waals surface area contributed by atoms with Gasteiger partial charge in [0.15, 0.2) is 0 Å². The maximum atomic E-state index is 10.4. The number of fused-ring (bicyclic) bond motifs is 1. The van der Waals surface area contributed by atoms with Crippen LogP contribution in [-0.2, 0) is 6.42 Å². The lowest BCUT2D eigenvalue weighted by Gasteiger charge is -2.18. The number of aliphatic hydroxyl groups is 1. The number of aliphatic hydroxyl groups excluding tert-OH is 1. The molecule has 1 aliphatic rings. The normalized spacial score (nSPS) is 19.9. The van der Waals surface area contributed by atoms with Crippen molar-refractivity contribution in [2.75, 3.05) is 0 Å². The van der Waals surface area contributed by atoms with Crippen LogP contribution in [0.1, 0.15) is 35.3 Å². The lowest BCUT2D eigenvalue weighted by Crippen LogP contribution is -2.09. The number of benzene rings is 1. The van der Waals surface area contributed by atoms with Gasteiger partial charge in [0.1, 0.15) is 0 Å². The highest BCUT2D eigenvalue weighted by atomic mass is 16.3. The van der Waals surface area contributed by atoms with Crippen LogP contribution < -0.4 is 0 Å². The number of aromatic nitrogens is 1. The fourth-order valence-corrected chi connectivity index (χ4v) is 2.63. The van der Waals surface area contributed by atoms with Crippen LogP contribution in [0.15, 0.2) is 48.7 Å². The van der Waals surface area contributed by atoms with Crippen molar-refractivity contribution in [3.8, 4) is 0 Å². The van der Waals surface area contributed by atoms with Gasteiger partial charge in [-0.2, -0.15) is 0 Å². The smallest absolute Gasteiger partial charge is 0.0873 e. The Bertz CT molecular complexity index is 509. The van der Waals surface area contributed by atoms with Gasteiger partial charge in [-0.05, 0) is 30.0 Å². The summed E-state index contributed by atoms with van der Waals surface area (Å²) in [7, 11) is 0. The summed E-state index contributed by atoms with van der Waals surface area (Å²) in [6, 6.07) is 13.9. The van der Waals surface area contributed by atoms with Gasteiger partial charge in [0.2, 0.25) is 0 Å². The molecular weight excluding hydrogens is 210 g/mol. The number of nitrogens with zero attached hydrogens (tertiary/aromatic N) is 1. The Kier molecular flexibility index (Phi) is 2.65. The third-order valence-corrected chi connectivity index (χ3v) is 3.52. The molecule has 1 aromatic heterocycles. The molecular formula is C15H15NO. The van der Waals surface area contributed by atoms with Crippen molar-refractivity contribution in [1.29, 1.82) is 0 Å². The molecule has 0 spiro atoms. The summed E-state index contributed by atoms with van der Waals surface area (Å²) in [5.74, 6) is 0.147. The van der Waals surface area contributed by atoms with E-state index in [0.717, 1.165) is 24.1 Å². The molecule has 0 radical (unpaired) electrons. The van der Waals surface area contributed by atoms with Gasteiger partial charge in [-0.15, -0.1) is 0 Å². The standard InChI is InChI=1S/C15H15NO/c17-15(12-5-2-1-3-6-12)13-9-8-11-7-4-10-16-14(11)13/h1-7,10,13,15,17H,8-9H2. The molecule has 17 heavy (non-hydrogen) atoms. The van der Waals surface area contributed by atoms with E-state index in [-0.39, 0.29) is 5.92 Å². The molecule has 1 aromatic carbocycles. The minimum atomic E-state index is -0.438. The van der Waals surface area contributed by atoms with Crippen LogP contribution in [0.25, 0.3) is 0 Å². The van der Waals surface area contributed by atoms with Crippen molar-refractivity contribution in [3.63, 3.8) is 0 Å². The third-order valence-electron chi connectivity index (χ3n) is 3.52. The highest BCUT2D eigenvalue weighted by molar-refractivity contribution is 5.32. The van der Waals surface area contributed by atoms with E-state index >= 15 is 0 Å². The number of aryl methyl sites for hydroxylation is 1. The van der Waals surface area contributed by atoms with Crippen molar-refractivity contribution in [1.82, 2.24) is 4.98 Å². The fourth-order valence-electron chi connectivity index (χ4n) is 2.63. The van der Waals surface area contributed by atoms with Crippen molar-refractivity contribution < 1.29 is 5.11 Å². The van der Waals surface area contributed by atoms with Gasteiger partial charge in [0.25, 0.3) is 0 Å². The molecule has 0 saturated heterocycles. The molecule has 0 saturated carbocycles. The van der Waals surface area contributed by atoms with Crippen LogP contribution in [0, 0.1) is 0 Å². The average Bonchev–Trinajstić information content (AvgIpc) is 2.83. The topological polar surface area (TPSA) is 33.1 Å². The van der Waals surface area contributed by atoms with Gasteiger partial charge in [-0.1, -0.05) is 36.4 Å². The molecule has 2 heteroatoms. The van der Waals surface area contributed by atoms with E-state index in [9.17, 15) is 5.11 Å². The summed E-state index contributed by atoms with van der Waals surface area (Å²) in [5, 5.41) is 10.4. The van der Waals surface area contributed by atoms with Crippen LogP contribution >= 0.6 is 0 Å². The lowest BCUT2D eigenvalue weighted by atomic mass is 9.93. The Labute approximate surface area is 101 Å². The fraction of sp³-hybridized carbons (Fsp3) is 0.267. The maximum Gasteiger partial charge on any atom is 0.0873 e.